The Labute approximate surface area is 150 Å². The molecule has 0 atom stereocenters. The monoisotopic (exact) mass is 346 g/mol. The third kappa shape index (κ3) is 6.38. The minimum absolute atomic E-state index is 0.497. The van der Waals surface area contributed by atoms with Crippen molar-refractivity contribution in [2.75, 3.05) is 50.5 Å². The summed E-state index contributed by atoms with van der Waals surface area (Å²) in [5, 5.41) is 5.29. The average Bonchev–Trinajstić information content (AvgIpc) is 2.59. The molecule has 2 rings (SSSR count). The van der Waals surface area contributed by atoms with Crippen LogP contribution in [0.2, 0.25) is 0 Å². The van der Waals surface area contributed by atoms with Gasteiger partial charge in [0, 0.05) is 31.0 Å². The van der Waals surface area contributed by atoms with Crippen molar-refractivity contribution < 1.29 is 9.59 Å². The molecule has 6 nitrogen and oxygen atoms in total. The molecule has 2 amide bonds. The van der Waals surface area contributed by atoms with Crippen molar-refractivity contribution in [1.82, 2.24) is 10.2 Å². The molecule has 1 aromatic carbocycles. The maximum Gasteiger partial charge on any atom is 0.313 e. The van der Waals surface area contributed by atoms with Gasteiger partial charge >= 0.3 is 11.8 Å². The first-order valence-corrected chi connectivity index (χ1v) is 9.04. The van der Waals surface area contributed by atoms with Gasteiger partial charge in [0.2, 0.25) is 0 Å². The van der Waals surface area contributed by atoms with Crippen LogP contribution in [0.4, 0.5) is 11.4 Å². The van der Waals surface area contributed by atoms with Gasteiger partial charge in [0.25, 0.3) is 0 Å². The number of nitrogens with one attached hydrogen (secondary N) is 2. The standard InChI is InChI=1S/C19H30N4O2/c1-15-9-13-23(14-10-15)17-7-5-16(6-8-17)21-19(25)18(24)20-11-4-12-22(2)3/h5-8,15H,4,9-14H2,1-3H3,(H,20,24)(H,21,25). The number of benzene rings is 1. The van der Waals surface area contributed by atoms with Gasteiger partial charge in [-0.2, -0.15) is 0 Å². The molecule has 1 saturated heterocycles. The summed E-state index contributed by atoms with van der Waals surface area (Å²) in [6, 6.07) is 7.70. The Bertz CT molecular complexity index is 563. The molecule has 1 aliphatic heterocycles. The van der Waals surface area contributed by atoms with Gasteiger partial charge in [-0.3, -0.25) is 9.59 Å². The zero-order chi connectivity index (χ0) is 18.2. The van der Waals surface area contributed by atoms with Gasteiger partial charge in [-0.15, -0.1) is 0 Å². The SMILES string of the molecule is CC1CCN(c2ccc(NC(=O)C(=O)NCCCN(C)C)cc2)CC1. The second-order valence-electron chi connectivity index (χ2n) is 7.08. The molecule has 0 unspecified atom stereocenters. The zero-order valence-electron chi connectivity index (χ0n) is 15.5. The number of carbonyl (C=O) groups excluding carboxylic acids is 2. The first kappa shape index (κ1) is 19.2. The number of hydrogen-bond donors (Lipinski definition) is 2. The minimum atomic E-state index is -0.621. The second kappa shape index (κ2) is 9.42. The molecule has 138 valence electrons. The first-order chi connectivity index (χ1) is 12.0. The van der Waals surface area contributed by atoms with E-state index in [2.05, 4.69) is 22.5 Å². The molecule has 0 spiro atoms. The molecule has 6 heteroatoms. The molecular weight excluding hydrogens is 316 g/mol. The van der Waals surface area contributed by atoms with Crippen LogP contribution in [0.1, 0.15) is 26.2 Å². The smallest absolute Gasteiger partial charge is 0.313 e. The van der Waals surface area contributed by atoms with E-state index < -0.39 is 11.8 Å². The van der Waals surface area contributed by atoms with E-state index >= 15 is 0 Å². The van der Waals surface area contributed by atoms with E-state index in [1.165, 1.54) is 12.8 Å². The van der Waals surface area contributed by atoms with Gasteiger partial charge in [-0.1, -0.05) is 6.92 Å². The van der Waals surface area contributed by atoms with Crippen LogP contribution < -0.4 is 15.5 Å². The Hall–Kier alpha value is -2.08. The van der Waals surface area contributed by atoms with Gasteiger partial charge in [-0.05, 0) is 70.1 Å². The zero-order valence-corrected chi connectivity index (χ0v) is 15.5. The van der Waals surface area contributed by atoms with Crippen molar-refractivity contribution in [2.24, 2.45) is 5.92 Å². The lowest BCUT2D eigenvalue weighted by molar-refractivity contribution is -0.136. The van der Waals surface area contributed by atoms with Crippen LogP contribution in [-0.4, -0.2) is 57.0 Å². The molecule has 2 N–H and O–H groups in total. The summed E-state index contributed by atoms with van der Waals surface area (Å²) in [5.41, 5.74) is 1.81. The fraction of sp³-hybridized carbons (Fsp3) is 0.579. The summed E-state index contributed by atoms with van der Waals surface area (Å²) in [5.74, 6) is -0.414. The predicted molar refractivity (Wildman–Crippen MR) is 102 cm³/mol. The summed E-state index contributed by atoms with van der Waals surface area (Å²) in [7, 11) is 3.95. The number of anilines is 2. The second-order valence-corrected chi connectivity index (χ2v) is 7.08. The van der Waals surface area contributed by atoms with E-state index in [-0.39, 0.29) is 0 Å². The van der Waals surface area contributed by atoms with E-state index in [1.54, 1.807) is 0 Å². The molecule has 0 saturated carbocycles. The average molecular weight is 346 g/mol. The summed E-state index contributed by atoms with van der Waals surface area (Å²) in [6.07, 6.45) is 3.24. The third-order valence-electron chi connectivity index (χ3n) is 4.55. The van der Waals surface area contributed by atoms with Crippen LogP contribution in [0.3, 0.4) is 0 Å². The lowest BCUT2D eigenvalue weighted by Gasteiger charge is -2.32. The highest BCUT2D eigenvalue weighted by Crippen LogP contribution is 2.24. The van der Waals surface area contributed by atoms with E-state index in [0.717, 1.165) is 37.7 Å². The number of amides is 2. The van der Waals surface area contributed by atoms with Crippen molar-refractivity contribution in [1.29, 1.82) is 0 Å². The number of carbonyl (C=O) groups is 2. The highest BCUT2D eigenvalue weighted by molar-refractivity contribution is 6.39. The van der Waals surface area contributed by atoms with E-state index in [1.807, 2.05) is 43.3 Å². The number of nitrogens with zero attached hydrogens (tertiary/aromatic N) is 2. The van der Waals surface area contributed by atoms with Gasteiger partial charge in [0.15, 0.2) is 0 Å². The Morgan fingerprint density at radius 3 is 2.36 bits per heavy atom. The lowest BCUT2D eigenvalue weighted by Crippen LogP contribution is -2.36. The third-order valence-corrected chi connectivity index (χ3v) is 4.55. The number of hydrogen-bond acceptors (Lipinski definition) is 4. The Balaban J connectivity index is 1.78. The first-order valence-electron chi connectivity index (χ1n) is 9.04. The quantitative estimate of drug-likeness (QED) is 0.610. The van der Waals surface area contributed by atoms with Gasteiger partial charge < -0.3 is 20.4 Å². The van der Waals surface area contributed by atoms with Crippen molar-refractivity contribution in [3.8, 4) is 0 Å². The molecule has 0 aliphatic carbocycles. The predicted octanol–water partition coefficient (Wildman–Crippen LogP) is 1.93. The molecule has 0 bridgehead atoms. The fourth-order valence-electron chi connectivity index (χ4n) is 2.89. The van der Waals surface area contributed by atoms with Crippen LogP contribution >= 0.6 is 0 Å². The van der Waals surface area contributed by atoms with Gasteiger partial charge in [0.1, 0.15) is 0 Å². The fourth-order valence-corrected chi connectivity index (χ4v) is 2.89. The van der Waals surface area contributed by atoms with Crippen LogP contribution in [0.25, 0.3) is 0 Å². The topological polar surface area (TPSA) is 64.7 Å². The molecule has 0 aromatic heterocycles. The van der Waals surface area contributed by atoms with Crippen molar-refractivity contribution in [3.05, 3.63) is 24.3 Å². The van der Waals surface area contributed by atoms with Crippen LogP contribution in [0.5, 0.6) is 0 Å². The van der Waals surface area contributed by atoms with E-state index in [9.17, 15) is 9.59 Å². The van der Waals surface area contributed by atoms with Crippen LogP contribution in [0, 0.1) is 5.92 Å². The summed E-state index contributed by atoms with van der Waals surface area (Å²) in [6.45, 7) is 5.81. The van der Waals surface area contributed by atoms with Crippen molar-refractivity contribution >= 4 is 23.2 Å². The Morgan fingerprint density at radius 2 is 1.76 bits per heavy atom. The summed E-state index contributed by atoms with van der Waals surface area (Å²) < 4.78 is 0. The minimum Gasteiger partial charge on any atom is -0.372 e. The lowest BCUT2D eigenvalue weighted by atomic mass is 9.99. The molecule has 1 heterocycles. The Morgan fingerprint density at radius 1 is 1.12 bits per heavy atom. The van der Waals surface area contributed by atoms with Crippen molar-refractivity contribution in [3.63, 3.8) is 0 Å². The summed E-state index contributed by atoms with van der Waals surface area (Å²) >= 11 is 0. The van der Waals surface area contributed by atoms with E-state index in [4.69, 9.17) is 0 Å². The van der Waals surface area contributed by atoms with Crippen molar-refractivity contribution in [2.45, 2.75) is 26.2 Å². The molecular formula is C19H30N4O2. The maximum atomic E-state index is 11.9. The largest absolute Gasteiger partial charge is 0.372 e. The number of rotatable bonds is 6. The molecule has 25 heavy (non-hydrogen) atoms. The van der Waals surface area contributed by atoms with E-state index in [0.29, 0.717) is 12.2 Å². The van der Waals surface area contributed by atoms with Gasteiger partial charge in [0.05, 0.1) is 0 Å². The van der Waals surface area contributed by atoms with Gasteiger partial charge in [-0.25, -0.2) is 0 Å². The molecule has 1 fully saturated rings. The normalized spacial score (nSPS) is 15.3. The molecule has 0 radical (unpaired) electrons. The number of piperidine rings is 1. The highest BCUT2D eigenvalue weighted by Gasteiger charge is 2.16. The molecule has 1 aromatic rings. The Kier molecular flexibility index (Phi) is 7.25. The van der Waals surface area contributed by atoms with Crippen LogP contribution in [0.15, 0.2) is 24.3 Å². The molecule has 1 aliphatic rings. The maximum absolute atomic E-state index is 11.9. The summed E-state index contributed by atoms with van der Waals surface area (Å²) in [4.78, 5) is 28.1. The van der Waals surface area contributed by atoms with Crippen LogP contribution in [-0.2, 0) is 9.59 Å². The highest BCUT2D eigenvalue weighted by atomic mass is 16.2.